The Kier molecular flexibility index (Phi) is 33.2. The molecule has 36 nitrogen and oxygen atoms in total. The lowest BCUT2D eigenvalue weighted by Crippen LogP contribution is -2.41. The summed E-state index contributed by atoms with van der Waals surface area (Å²) in [5.74, 6) is -12.1. The van der Waals surface area contributed by atoms with Gasteiger partial charge in [0.1, 0.15) is 52.0 Å². The second kappa shape index (κ2) is 44.3. The van der Waals surface area contributed by atoms with E-state index >= 15 is 13.2 Å². The SMILES string of the molecule is Brc1cnc2[nH]ncc2c1.CC1(C)OB(c2cnc3[nH]ccc3c2)OC1(C)C.CCCS(=O)(=O)Nc1ccc(F)c(C(=O)c2c[nH]c3ncc(-c4cnc5[nH]ncc5c4)cc23)c1F.CCCS(=O)(=O)Nc1ccc(F)c(C(=O)c2c[nH]c3ncc(B4OC(C)(C)C(C)(C)O4)cc23)c1F.CCCS(=O)(=O)Nc1ccc(F)c(C(O)c2c[nH]c3ncc(B4OC(C)(C)C(C)(C)O4)cc23)c1F.CCCS(=O)(=O)Nc1ccc(F)c(C=O)c1F. The molecule has 0 amide bonds. The molecule has 3 fully saturated rings. The molecule has 790 valence electrons. The van der Waals surface area contributed by atoms with Crippen LogP contribution in [0.2, 0.25) is 0 Å². The predicted octanol–water partition coefficient (Wildman–Crippen LogP) is 16.6. The van der Waals surface area contributed by atoms with Crippen LogP contribution in [0.4, 0.5) is 57.9 Å². The van der Waals surface area contributed by atoms with Gasteiger partial charge in [0.05, 0.1) is 114 Å². The van der Waals surface area contributed by atoms with Gasteiger partial charge in [0.2, 0.25) is 51.7 Å². The number of anilines is 4. The molecule has 11 N–H and O–H groups in total. The van der Waals surface area contributed by atoms with Crippen molar-refractivity contribution in [3.05, 3.63) is 255 Å². The van der Waals surface area contributed by atoms with Crippen molar-refractivity contribution < 1.29 is 116 Å². The fourth-order valence-corrected chi connectivity index (χ4v) is 20.5. The van der Waals surface area contributed by atoms with E-state index in [-0.39, 0.29) is 64.3 Å². The van der Waals surface area contributed by atoms with Gasteiger partial charge in [-0.15, -0.1) is 0 Å². The highest BCUT2D eigenvalue weighted by atomic mass is 79.9. The Morgan fingerprint density at radius 1 is 0.393 bits per heavy atom. The number of aromatic nitrogens is 14. The van der Waals surface area contributed by atoms with Gasteiger partial charge in [-0.25, -0.2) is 98.7 Å². The van der Waals surface area contributed by atoms with Crippen LogP contribution in [0.5, 0.6) is 0 Å². The monoisotopic (exact) mass is 2210 g/mol. The number of pyridine rings is 6. The minimum atomic E-state index is -3.85. The number of halogens is 9. The van der Waals surface area contributed by atoms with Crippen LogP contribution in [-0.4, -0.2) is 205 Å². The molecule has 0 radical (unpaired) electrons. The Hall–Kier alpha value is -13.3. The summed E-state index contributed by atoms with van der Waals surface area (Å²) < 4.78 is 257. The number of H-pyrrole nitrogens is 6. The minimum absolute atomic E-state index is 0.00227. The number of sulfonamides is 4. The summed E-state index contributed by atoms with van der Waals surface area (Å²) in [4.78, 5) is 74.3. The van der Waals surface area contributed by atoms with Crippen LogP contribution in [0.25, 0.3) is 77.3 Å². The molecule has 0 aliphatic carbocycles. The number of aliphatic hydroxyl groups is 1. The zero-order valence-corrected chi connectivity index (χ0v) is 88.5. The van der Waals surface area contributed by atoms with Gasteiger partial charge in [-0.2, -0.15) is 10.2 Å². The number of ketones is 2. The topological polar surface area (TPSA) is 509 Å². The first kappa shape index (κ1) is 112. The zero-order valence-electron chi connectivity index (χ0n) is 83.6. The van der Waals surface area contributed by atoms with Crippen LogP contribution in [0.15, 0.2) is 170 Å². The van der Waals surface area contributed by atoms with Crippen molar-refractivity contribution in [1.82, 2.24) is 70.2 Å². The second-order valence-electron chi connectivity index (χ2n) is 38.1. The first-order chi connectivity index (χ1) is 70.5. The predicted molar refractivity (Wildman–Crippen MR) is 559 cm³/mol. The molecule has 1 unspecified atom stereocenters. The van der Waals surface area contributed by atoms with E-state index in [0.717, 1.165) is 85.9 Å². The number of nitrogens with one attached hydrogen (secondary N) is 10. The summed E-state index contributed by atoms with van der Waals surface area (Å²) >= 11 is 3.31. The Balaban J connectivity index is 0.000000148. The molecule has 150 heavy (non-hydrogen) atoms. The van der Waals surface area contributed by atoms with E-state index < -0.39 is 186 Å². The van der Waals surface area contributed by atoms with Crippen LogP contribution in [0, 0.1) is 46.5 Å². The summed E-state index contributed by atoms with van der Waals surface area (Å²) in [6.07, 6.45) is 18.7. The normalized spacial score (nSPS) is 15.6. The van der Waals surface area contributed by atoms with Gasteiger partial charge in [0.15, 0.2) is 40.8 Å². The van der Waals surface area contributed by atoms with Gasteiger partial charge in [-0.1, -0.05) is 27.7 Å². The van der Waals surface area contributed by atoms with Crippen LogP contribution in [0.1, 0.15) is 196 Å². The van der Waals surface area contributed by atoms with E-state index in [2.05, 4.69) is 134 Å². The number of nitrogens with zero attached hydrogens (tertiary/aromatic N) is 8. The number of rotatable bonds is 27. The van der Waals surface area contributed by atoms with Gasteiger partial charge in [-0.05, 0) is 216 Å². The first-order valence-corrected chi connectivity index (χ1v) is 54.2. The average Bonchev–Trinajstić information content (AvgIpc) is 1.57. The van der Waals surface area contributed by atoms with E-state index in [4.69, 9.17) is 27.9 Å². The quantitative estimate of drug-likeness (QED) is 0.00985. The molecule has 3 saturated heterocycles. The molecule has 0 spiro atoms. The fourth-order valence-electron chi connectivity index (χ4n) is 15.6. The Bertz CT molecular complexity index is 8280. The number of aldehydes is 1. The molecule has 12 aromatic heterocycles. The average molecular weight is 2210 g/mol. The molecule has 15 heterocycles. The second-order valence-corrected chi connectivity index (χ2v) is 46.4. The fraction of sp³-hybridized carbons (Fsp3) is 0.316. The van der Waals surface area contributed by atoms with Crippen molar-refractivity contribution in [2.75, 3.05) is 41.9 Å². The number of hydrogen-bond acceptors (Lipinski definition) is 26. The van der Waals surface area contributed by atoms with Crippen molar-refractivity contribution in [3.8, 4) is 11.1 Å². The van der Waals surface area contributed by atoms with Crippen LogP contribution < -0.4 is 35.3 Å². The van der Waals surface area contributed by atoms with Gasteiger partial charge >= 0.3 is 21.4 Å². The summed E-state index contributed by atoms with van der Waals surface area (Å²) in [6, 6.07) is 20.1. The molecular weight excluding hydrogens is 2110 g/mol. The number of hydrogen-bond donors (Lipinski definition) is 11. The lowest BCUT2D eigenvalue weighted by Gasteiger charge is -2.32. The molecule has 16 aromatic rings. The maximum Gasteiger partial charge on any atom is 0.496 e. The maximum atomic E-state index is 15.2. The highest BCUT2D eigenvalue weighted by molar-refractivity contribution is 9.10. The number of aliphatic hydroxyl groups excluding tert-OH is 1. The van der Waals surface area contributed by atoms with Gasteiger partial charge in [0.25, 0.3) is 0 Å². The van der Waals surface area contributed by atoms with E-state index in [1.54, 1.807) is 95.5 Å². The maximum absolute atomic E-state index is 15.2. The third kappa shape index (κ3) is 24.6. The van der Waals surface area contributed by atoms with Gasteiger partial charge in [0, 0.05) is 143 Å². The third-order valence-corrected chi connectivity index (χ3v) is 31.9. The zero-order chi connectivity index (χ0) is 109. The van der Waals surface area contributed by atoms with Crippen LogP contribution in [-0.2, 0) is 68.0 Å². The highest BCUT2D eigenvalue weighted by Crippen LogP contribution is 2.43. The molecular formula is C98H104B3BrF8N18O18S4. The number of carbonyl (C=O) groups excluding carboxylic acids is 3. The number of aromatic amines is 6. The first-order valence-electron chi connectivity index (χ1n) is 46.8. The van der Waals surface area contributed by atoms with Gasteiger partial charge in [-0.3, -0.25) is 43.5 Å². The smallest absolute Gasteiger partial charge is 0.399 e. The van der Waals surface area contributed by atoms with Gasteiger partial charge < -0.3 is 53.0 Å². The van der Waals surface area contributed by atoms with Crippen molar-refractivity contribution in [3.63, 3.8) is 0 Å². The number of carbonyl (C=O) groups is 3. The summed E-state index contributed by atoms with van der Waals surface area (Å²) in [6.45, 7) is 30.1. The van der Waals surface area contributed by atoms with E-state index in [1.165, 1.54) is 18.6 Å². The molecule has 0 saturated carbocycles. The Labute approximate surface area is 865 Å². The van der Waals surface area contributed by atoms with Crippen LogP contribution >= 0.6 is 15.9 Å². The number of fused-ring (bicyclic) bond motifs is 6. The van der Waals surface area contributed by atoms with Crippen molar-refractivity contribution in [2.45, 2.75) is 176 Å². The van der Waals surface area contributed by atoms with E-state index in [1.807, 2.05) is 84.5 Å². The van der Waals surface area contributed by atoms with Crippen LogP contribution in [0.3, 0.4) is 0 Å². The van der Waals surface area contributed by atoms with Crippen molar-refractivity contribution in [1.29, 1.82) is 0 Å². The number of benzene rings is 4. The standard InChI is InChI=1S/C23H28BF2N3O5S.C23H26BF2N3O5S.C23H18F2N6O3S.C13H17BN2O2.C10H11F2NO3S.C6H4BrN3/c2*1-6-9-35(31,32)29-17-8-7-16(25)18(19(17)26)20(30)15-12-28-21-14(15)10-13(11-27-21)24-33-22(2,3)23(4,5)34-24;1-2-5-35(33,34)31-18-4-3-17(24)19(20(18)25)21(32)16-11-28-23-15(16)7-13(9-27-23)12-6-14-10-29-30-22(14)26-8-12;1-12(2)13(3,4)18-14(17-12)10-7-9-5-6-15-11(9)16-8-10;1-2-5-17(15,16)13-9-4-3-8(11)7(6-14)10(9)12;7-5-1-4-2-9-10-6(4)8-3-5/h7-8,10-12,20,29-30H,6,9H2,1-5H3,(H,27,28);7-8,10-12,29H,6,9H2,1-5H3,(H,27,28);3-4,6-11,31H,2,5H2,1H3,(H,27,28)(H,26,29,30);5-8H,1-4H3,(H,15,16);3-4,6,13H,2,5H2,1H3;1-3H,(H,8,9,10). The molecule has 0 bridgehead atoms. The minimum Gasteiger partial charge on any atom is -0.399 e. The van der Waals surface area contributed by atoms with Crippen molar-refractivity contribution in [2.24, 2.45) is 0 Å². The molecule has 3 aliphatic heterocycles. The van der Waals surface area contributed by atoms with Crippen molar-refractivity contribution >= 4 is 201 Å². The largest absolute Gasteiger partial charge is 0.496 e. The summed E-state index contributed by atoms with van der Waals surface area (Å²) in [5.41, 5.74) is -1.15. The molecule has 19 rings (SSSR count). The Morgan fingerprint density at radius 2 is 0.740 bits per heavy atom. The Morgan fingerprint density at radius 3 is 1.17 bits per heavy atom. The highest BCUT2D eigenvalue weighted by Gasteiger charge is 2.55. The summed E-state index contributed by atoms with van der Waals surface area (Å²) in [5, 5.41) is 28.3. The lowest BCUT2D eigenvalue weighted by atomic mass is 9.79. The van der Waals surface area contributed by atoms with E-state index in [0.29, 0.717) is 86.5 Å². The summed E-state index contributed by atoms with van der Waals surface area (Å²) in [7, 11) is -17.0. The molecule has 1 atom stereocenters. The lowest BCUT2D eigenvalue weighted by molar-refractivity contribution is 0.00578. The third-order valence-electron chi connectivity index (χ3n) is 25.6. The molecule has 3 aliphatic rings. The van der Waals surface area contributed by atoms with E-state index in [9.17, 15) is 75.1 Å². The molecule has 52 heteroatoms. The molecule has 4 aromatic carbocycles.